The van der Waals surface area contributed by atoms with E-state index < -0.39 is 0 Å². The Kier molecular flexibility index (Phi) is 3.68. The molecule has 1 aliphatic rings. The quantitative estimate of drug-likeness (QED) is 0.731. The minimum Gasteiger partial charge on any atom is -0.495 e. The first-order valence-corrected chi connectivity index (χ1v) is 7.98. The number of para-hydroxylation sites is 2. The highest BCUT2D eigenvalue weighted by atomic mass is 16.5. The van der Waals surface area contributed by atoms with Gasteiger partial charge in [-0.05, 0) is 19.1 Å². The number of piperazine rings is 1. The van der Waals surface area contributed by atoms with Gasteiger partial charge in [-0.2, -0.15) is 4.98 Å². The monoisotopic (exact) mass is 325 g/mol. The van der Waals surface area contributed by atoms with Gasteiger partial charge in [0, 0.05) is 26.2 Å². The van der Waals surface area contributed by atoms with Crippen molar-refractivity contribution < 1.29 is 9.26 Å². The lowest BCUT2D eigenvalue weighted by Gasteiger charge is -2.37. The minimum absolute atomic E-state index is 0.546. The molecule has 0 amide bonds. The van der Waals surface area contributed by atoms with Crippen LogP contribution in [0, 0.1) is 6.92 Å². The molecule has 124 valence electrons. The van der Waals surface area contributed by atoms with Gasteiger partial charge in [0.2, 0.25) is 0 Å². The number of methoxy groups -OCH3 is 1. The summed E-state index contributed by atoms with van der Waals surface area (Å²) >= 11 is 0. The third-order valence-corrected chi connectivity index (χ3v) is 4.43. The lowest BCUT2D eigenvalue weighted by atomic mass is 10.2. The van der Waals surface area contributed by atoms with Crippen LogP contribution in [0.5, 0.6) is 5.75 Å². The molecule has 3 aromatic rings. The molecule has 4 rings (SSSR count). The number of hydrogen-bond donors (Lipinski definition) is 0. The molecule has 0 unspecified atom stereocenters. The molecule has 1 aromatic carbocycles. The average molecular weight is 325 g/mol. The summed E-state index contributed by atoms with van der Waals surface area (Å²) in [6, 6.07) is 8.13. The summed E-state index contributed by atoms with van der Waals surface area (Å²) in [4.78, 5) is 13.2. The van der Waals surface area contributed by atoms with Crippen molar-refractivity contribution in [1.29, 1.82) is 0 Å². The summed E-state index contributed by atoms with van der Waals surface area (Å²) in [5.41, 5.74) is 2.51. The molecular weight excluding hydrogens is 306 g/mol. The topological polar surface area (TPSA) is 67.5 Å². The summed E-state index contributed by atoms with van der Waals surface area (Å²) in [6.07, 6.45) is 1.54. The number of nitrogens with zero attached hydrogens (tertiary/aromatic N) is 5. The molecule has 1 aliphatic heterocycles. The van der Waals surface area contributed by atoms with Gasteiger partial charge < -0.3 is 19.1 Å². The van der Waals surface area contributed by atoms with Crippen LogP contribution in [0.3, 0.4) is 0 Å². The highest BCUT2D eigenvalue weighted by Crippen LogP contribution is 2.30. The summed E-state index contributed by atoms with van der Waals surface area (Å²) in [7, 11) is 1.71. The van der Waals surface area contributed by atoms with E-state index in [1.165, 1.54) is 6.33 Å². The predicted octanol–water partition coefficient (Wildman–Crippen LogP) is 2.26. The fourth-order valence-electron chi connectivity index (χ4n) is 3.19. The summed E-state index contributed by atoms with van der Waals surface area (Å²) in [5.74, 6) is 1.81. The molecule has 0 bridgehead atoms. The van der Waals surface area contributed by atoms with Crippen molar-refractivity contribution in [2.75, 3.05) is 43.1 Å². The van der Waals surface area contributed by atoms with Crippen LogP contribution >= 0.6 is 0 Å². The third-order valence-electron chi connectivity index (χ3n) is 4.43. The van der Waals surface area contributed by atoms with E-state index in [1.807, 2.05) is 25.1 Å². The summed E-state index contributed by atoms with van der Waals surface area (Å²) in [6.45, 7) is 5.46. The van der Waals surface area contributed by atoms with Crippen LogP contribution in [-0.4, -0.2) is 48.4 Å². The van der Waals surface area contributed by atoms with Crippen LogP contribution in [0.2, 0.25) is 0 Å². The zero-order chi connectivity index (χ0) is 16.5. The summed E-state index contributed by atoms with van der Waals surface area (Å²) < 4.78 is 10.7. The average Bonchev–Trinajstić information content (AvgIpc) is 3.03. The molecule has 0 radical (unpaired) electrons. The second-order valence-corrected chi connectivity index (χ2v) is 5.79. The second-order valence-electron chi connectivity index (χ2n) is 5.79. The van der Waals surface area contributed by atoms with E-state index >= 15 is 0 Å². The van der Waals surface area contributed by atoms with Gasteiger partial charge in [0.15, 0.2) is 0 Å². The van der Waals surface area contributed by atoms with E-state index in [0.717, 1.165) is 54.5 Å². The molecule has 2 aromatic heterocycles. The van der Waals surface area contributed by atoms with Crippen molar-refractivity contribution in [2.45, 2.75) is 6.92 Å². The lowest BCUT2D eigenvalue weighted by molar-refractivity contribution is 0.413. The first kappa shape index (κ1) is 14.7. The Bertz CT molecular complexity index is 855. The largest absolute Gasteiger partial charge is 0.495 e. The van der Waals surface area contributed by atoms with Crippen LogP contribution in [0.4, 0.5) is 11.5 Å². The van der Waals surface area contributed by atoms with E-state index in [9.17, 15) is 0 Å². The number of fused-ring (bicyclic) bond motifs is 1. The standard InChI is InChI=1S/C17H19N5O2/c1-12-15-16(18-11-19-17(15)24-20-12)22-9-7-21(8-10-22)13-5-3-4-6-14(13)23-2/h3-6,11H,7-10H2,1-2H3. The van der Waals surface area contributed by atoms with Gasteiger partial charge in [0.1, 0.15) is 23.3 Å². The van der Waals surface area contributed by atoms with Gasteiger partial charge in [0.25, 0.3) is 5.71 Å². The highest BCUT2D eigenvalue weighted by molar-refractivity contribution is 5.88. The van der Waals surface area contributed by atoms with Crippen molar-refractivity contribution >= 4 is 22.6 Å². The molecule has 0 N–H and O–H groups in total. The maximum Gasteiger partial charge on any atom is 0.263 e. The Morgan fingerprint density at radius 1 is 1.04 bits per heavy atom. The van der Waals surface area contributed by atoms with Gasteiger partial charge >= 0.3 is 0 Å². The zero-order valence-corrected chi connectivity index (χ0v) is 13.8. The highest BCUT2D eigenvalue weighted by Gasteiger charge is 2.23. The van der Waals surface area contributed by atoms with Gasteiger partial charge in [-0.15, -0.1) is 0 Å². The normalized spacial score (nSPS) is 15.1. The first-order chi connectivity index (χ1) is 11.8. The maximum absolute atomic E-state index is 5.48. The SMILES string of the molecule is COc1ccccc1N1CCN(c2ncnc3onc(C)c23)CC1. The predicted molar refractivity (Wildman–Crippen MR) is 91.8 cm³/mol. The molecule has 7 heteroatoms. The fourth-order valence-corrected chi connectivity index (χ4v) is 3.19. The number of benzene rings is 1. The molecule has 0 spiro atoms. The number of aryl methyl sites for hydroxylation is 1. The van der Waals surface area contributed by atoms with Crippen molar-refractivity contribution in [3.8, 4) is 5.75 Å². The van der Waals surface area contributed by atoms with Gasteiger partial charge in [-0.25, -0.2) is 4.98 Å². The first-order valence-electron chi connectivity index (χ1n) is 7.98. The number of anilines is 2. The number of aromatic nitrogens is 3. The molecular formula is C17H19N5O2. The number of hydrogen-bond acceptors (Lipinski definition) is 7. The second kappa shape index (κ2) is 5.99. The minimum atomic E-state index is 0.546. The molecule has 24 heavy (non-hydrogen) atoms. The van der Waals surface area contributed by atoms with Crippen molar-refractivity contribution in [3.05, 3.63) is 36.3 Å². The summed E-state index contributed by atoms with van der Waals surface area (Å²) in [5, 5.41) is 4.91. The van der Waals surface area contributed by atoms with E-state index in [2.05, 4.69) is 31.0 Å². The molecule has 0 aliphatic carbocycles. The Balaban J connectivity index is 1.57. The zero-order valence-electron chi connectivity index (χ0n) is 13.8. The smallest absolute Gasteiger partial charge is 0.263 e. The van der Waals surface area contributed by atoms with Crippen molar-refractivity contribution in [2.24, 2.45) is 0 Å². The van der Waals surface area contributed by atoms with Crippen LogP contribution in [0.1, 0.15) is 5.69 Å². The Morgan fingerprint density at radius 2 is 1.79 bits per heavy atom. The van der Waals surface area contributed by atoms with Crippen LogP contribution in [0.25, 0.3) is 11.1 Å². The van der Waals surface area contributed by atoms with E-state index in [4.69, 9.17) is 9.26 Å². The van der Waals surface area contributed by atoms with Gasteiger partial charge in [-0.1, -0.05) is 17.3 Å². The molecule has 1 saturated heterocycles. The molecule has 0 saturated carbocycles. The van der Waals surface area contributed by atoms with Crippen LogP contribution in [-0.2, 0) is 0 Å². The van der Waals surface area contributed by atoms with E-state index in [0.29, 0.717) is 5.71 Å². The fraction of sp³-hybridized carbons (Fsp3) is 0.353. The molecule has 3 heterocycles. The lowest BCUT2D eigenvalue weighted by Crippen LogP contribution is -2.47. The van der Waals surface area contributed by atoms with Crippen LogP contribution < -0.4 is 14.5 Å². The van der Waals surface area contributed by atoms with E-state index in [1.54, 1.807) is 7.11 Å². The van der Waals surface area contributed by atoms with Crippen molar-refractivity contribution in [1.82, 2.24) is 15.1 Å². The molecule has 0 atom stereocenters. The molecule has 7 nitrogen and oxygen atoms in total. The van der Waals surface area contributed by atoms with Gasteiger partial charge in [0.05, 0.1) is 18.5 Å². The van der Waals surface area contributed by atoms with Gasteiger partial charge in [-0.3, -0.25) is 0 Å². The van der Waals surface area contributed by atoms with Crippen LogP contribution in [0.15, 0.2) is 35.1 Å². The van der Waals surface area contributed by atoms with Crippen molar-refractivity contribution in [3.63, 3.8) is 0 Å². The number of rotatable bonds is 3. The Morgan fingerprint density at radius 3 is 2.58 bits per heavy atom. The number of ether oxygens (including phenoxy) is 1. The van der Waals surface area contributed by atoms with E-state index in [-0.39, 0.29) is 0 Å². The Labute approximate surface area is 139 Å². The molecule has 1 fully saturated rings. The Hall–Kier alpha value is -2.83. The maximum atomic E-state index is 5.48. The third kappa shape index (κ3) is 2.42.